The zero-order valence-electron chi connectivity index (χ0n) is 6.69. The monoisotopic (exact) mass is 236 g/mol. The van der Waals surface area contributed by atoms with Crippen molar-refractivity contribution in [3.8, 4) is 0 Å². The number of halogens is 4. The summed E-state index contributed by atoms with van der Waals surface area (Å²) >= 11 is 11.2. The minimum atomic E-state index is -2.60. The second-order valence-corrected chi connectivity index (χ2v) is 3.48. The summed E-state index contributed by atoms with van der Waals surface area (Å²) in [5.41, 5.74) is 0.707. The Hall–Kier alpha value is -0.870. The molecule has 74 valence electrons. The number of nitrogens with zero attached hydrogens (tertiary/aromatic N) is 1. The Morgan fingerprint density at radius 2 is 2.00 bits per heavy atom. The predicted octanol–water partition coefficient (Wildman–Crippen LogP) is 3.81. The van der Waals surface area contributed by atoms with E-state index in [0.717, 1.165) is 0 Å². The van der Waals surface area contributed by atoms with Gasteiger partial charge in [0.2, 0.25) is 5.28 Å². The third-order valence-electron chi connectivity index (χ3n) is 1.81. The van der Waals surface area contributed by atoms with Gasteiger partial charge in [-0.25, -0.2) is 13.8 Å². The molecular formula is C8H4Cl2F2N2. The van der Waals surface area contributed by atoms with Crippen molar-refractivity contribution in [3.63, 3.8) is 0 Å². The number of imidazole rings is 1. The van der Waals surface area contributed by atoms with Crippen LogP contribution in [0.15, 0.2) is 12.1 Å². The Morgan fingerprint density at radius 3 is 2.64 bits per heavy atom. The van der Waals surface area contributed by atoms with Crippen LogP contribution >= 0.6 is 23.2 Å². The molecule has 1 N–H and O–H groups in total. The van der Waals surface area contributed by atoms with Gasteiger partial charge >= 0.3 is 0 Å². The van der Waals surface area contributed by atoms with E-state index in [2.05, 4.69) is 9.97 Å². The summed E-state index contributed by atoms with van der Waals surface area (Å²) in [4.78, 5) is 6.50. The van der Waals surface area contributed by atoms with E-state index in [1.165, 1.54) is 12.1 Å². The Bertz CT molecular complexity index is 481. The number of fused-ring (bicyclic) bond motifs is 1. The first-order valence-corrected chi connectivity index (χ1v) is 4.46. The lowest BCUT2D eigenvalue weighted by molar-refractivity contribution is 0.151. The molecule has 0 aliphatic carbocycles. The number of aromatic nitrogens is 2. The highest BCUT2D eigenvalue weighted by atomic mass is 35.5. The van der Waals surface area contributed by atoms with Crippen LogP contribution in [0.3, 0.4) is 0 Å². The van der Waals surface area contributed by atoms with Crippen LogP contribution in [0.1, 0.15) is 12.0 Å². The third kappa shape index (κ3) is 1.55. The largest absolute Gasteiger partial charge is 0.329 e. The van der Waals surface area contributed by atoms with E-state index in [1.807, 2.05) is 0 Å². The average molecular weight is 237 g/mol. The number of hydrogen-bond acceptors (Lipinski definition) is 1. The normalized spacial score (nSPS) is 11.5. The average Bonchev–Trinajstić information content (AvgIpc) is 2.42. The molecule has 14 heavy (non-hydrogen) atoms. The zero-order chi connectivity index (χ0) is 10.3. The van der Waals surface area contributed by atoms with Crippen LogP contribution in [-0.4, -0.2) is 9.97 Å². The Kier molecular flexibility index (Phi) is 2.33. The molecule has 6 heteroatoms. The standard InChI is InChI=1S/C8H4Cl2F2N2/c9-4-2-6-5(13-8(10)14-6)1-3(4)7(11)12/h1-2,7H,(H,13,14). The predicted molar refractivity (Wildman–Crippen MR) is 51.1 cm³/mol. The molecule has 2 rings (SSSR count). The lowest BCUT2D eigenvalue weighted by Gasteiger charge is -2.01. The van der Waals surface area contributed by atoms with Gasteiger partial charge in [0.15, 0.2) is 0 Å². The van der Waals surface area contributed by atoms with Gasteiger partial charge in [0, 0.05) is 5.56 Å². The van der Waals surface area contributed by atoms with Gasteiger partial charge < -0.3 is 4.98 Å². The molecule has 0 aliphatic rings. The van der Waals surface area contributed by atoms with Crippen LogP contribution in [0.2, 0.25) is 10.3 Å². The molecule has 0 spiro atoms. The maximum absolute atomic E-state index is 12.4. The van der Waals surface area contributed by atoms with E-state index in [4.69, 9.17) is 23.2 Å². The third-order valence-corrected chi connectivity index (χ3v) is 2.31. The van der Waals surface area contributed by atoms with Crippen LogP contribution in [0, 0.1) is 0 Å². The molecule has 0 amide bonds. The molecule has 1 aromatic carbocycles. The minimum absolute atomic E-state index is 0.00401. The fourth-order valence-corrected chi connectivity index (χ4v) is 1.62. The van der Waals surface area contributed by atoms with Gasteiger partial charge in [-0.1, -0.05) is 11.6 Å². The highest BCUT2D eigenvalue weighted by Gasteiger charge is 2.14. The van der Waals surface area contributed by atoms with Crippen molar-refractivity contribution in [2.45, 2.75) is 6.43 Å². The lowest BCUT2D eigenvalue weighted by Crippen LogP contribution is -1.85. The van der Waals surface area contributed by atoms with Crippen molar-refractivity contribution in [2.24, 2.45) is 0 Å². The molecule has 0 bridgehead atoms. The van der Waals surface area contributed by atoms with E-state index in [1.54, 1.807) is 0 Å². The molecule has 1 aromatic heterocycles. The summed E-state index contributed by atoms with van der Waals surface area (Å²) in [6.45, 7) is 0. The first-order chi connectivity index (χ1) is 6.58. The SMILES string of the molecule is FC(F)c1cc2[nH]c(Cl)nc2cc1Cl. The number of alkyl halides is 2. The number of nitrogens with one attached hydrogen (secondary N) is 1. The summed E-state index contributed by atoms with van der Waals surface area (Å²) in [7, 11) is 0. The fraction of sp³-hybridized carbons (Fsp3) is 0.125. The number of rotatable bonds is 1. The highest BCUT2D eigenvalue weighted by molar-refractivity contribution is 6.32. The molecule has 0 saturated carbocycles. The first kappa shape index (κ1) is 9.68. The van der Waals surface area contributed by atoms with Crippen LogP contribution in [0.5, 0.6) is 0 Å². The Labute approximate surface area is 87.8 Å². The van der Waals surface area contributed by atoms with Gasteiger partial charge in [0.25, 0.3) is 6.43 Å². The van der Waals surface area contributed by atoms with Crippen molar-refractivity contribution in [2.75, 3.05) is 0 Å². The fourth-order valence-electron chi connectivity index (χ4n) is 1.18. The maximum atomic E-state index is 12.4. The molecule has 0 saturated heterocycles. The summed E-state index contributed by atoms with van der Waals surface area (Å²) in [5, 5.41) is 0.151. The molecule has 0 unspecified atom stereocenters. The van der Waals surface area contributed by atoms with E-state index >= 15 is 0 Å². The first-order valence-electron chi connectivity index (χ1n) is 3.70. The van der Waals surface area contributed by atoms with Crippen molar-refractivity contribution in [1.82, 2.24) is 9.97 Å². The molecule has 0 fully saturated rings. The summed E-state index contributed by atoms with van der Waals surface area (Å²) in [5.74, 6) is 0. The molecule has 0 aliphatic heterocycles. The van der Waals surface area contributed by atoms with Crippen molar-refractivity contribution in [3.05, 3.63) is 28.0 Å². The van der Waals surface area contributed by atoms with E-state index < -0.39 is 6.43 Å². The van der Waals surface area contributed by atoms with E-state index in [9.17, 15) is 8.78 Å². The highest BCUT2D eigenvalue weighted by Crippen LogP contribution is 2.30. The van der Waals surface area contributed by atoms with E-state index in [0.29, 0.717) is 11.0 Å². The molecule has 0 radical (unpaired) electrons. The van der Waals surface area contributed by atoms with Gasteiger partial charge in [0.05, 0.1) is 16.1 Å². The van der Waals surface area contributed by atoms with Gasteiger partial charge in [-0.3, -0.25) is 0 Å². The van der Waals surface area contributed by atoms with Crippen molar-refractivity contribution < 1.29 is 8.78 Å². The van der Waals surface area contributed by atoms with Gasteiger partial charge in [-0.2, -0.15) is 0 Å². The second-order valence-electron chi connectivity index (χ2n) is 2.72. The molecule has 0 atom stereocenters. The molecule has 2 nitrogen and oxygen atoms in total. The number of hydrogen-bond donors (Lipinski definition) is 1. The zero-order valence-corrected chi connectivity index (χ0v) is 8.20. The summed E-state index contributed by atoms with van der Waals surface area (Å²) < 4.78 is 24.8. The van der Waals surface area contributed by atoms with E-state index in [-0.39, 0.29) is 15.9 Å². The minimum Gasteiger partial charge on any atom is -0.329 e. The maximum Gasteiger partial charge on any atom is 0.265 e. The van der Waals surface area contributed by atoms with Crippen LogP contribution < -0.4 is 0 Å². The van der Waals surface area contributed by atoms with Crippen LogP contribution in [0.25, 0.3) is 11.0 Å². The Balaban J connectivity index is 2.70. The van der Waals surface area contributed by atoms with Crippen molar-refractivity contribution >= 4 is 34.2 Å². The quantitative estimate of drug-likeness (QED) is 0.802. The summed E-state index contributed by atoms with van der Waals surface area (Å²) in [6, 6.07) is 2.61. The van der Waals surface area contributed by atoms with Crippen molar-refractivity contribution in [1.29, 1.82) is 0 Å². The number of benzene rings is 1. The molecule has 1 heterocycles. The summed E-state index contributed by atoms with van der Waals surface area (Å²) in [6.07, 6.45) is -2.60. The van der Waals surface area contributed by atoms with Gasteiger partial charge in [-0.05, 0) is 23.7 Å². The molecular weight excluding hydrogens is 233 g/mol. The molecule has 2 aromatic rings. The van der Waals surface area contributed by atoms with Crippen LogP contribution in [-0.2, 0) is 0 Å². The Morgan fingerprint density at radius 1 is 1.29 bits per heavy atom. The topological polar surface area (TPSA) is 28.7 Å². The van der Waals surface area contributed by atoms with Gasteiger partial charge in [0.1, 0.15) is 0 Å². The van der Waals surface area contributed by atoms with Crippen LogP contribution in [0.4, 0.5) is 8.78 Å². The lowest BCUT2D eigenvalue weighted by atomic mass is 10.2. The number of H-pyrrole nitrogens is 1. The van der Waals surface area contributed by atoms with Gasteiger partial charge in [-0.15, -0.1) is 0 Å². The smallest absolute Gasteiger partial charge is 0.265 e. The number of aromatic amines is 1. The second kappa shape index (κ2) is 3.37.